The van der Waals surface area contributed by atoms with Gasteiger partial charge in [-0.3, -0.25) is 0 Å². The second-order valence-electron chi connectivity index (χ2n) is 16.3. The zero-order valence-electron chi connectivity index (χ0n) is 34.3. The van der Waals surface area contributed by atoms with Crippen LogP contribution in [-0.4, -0.2) is 23.0 Å². The van der Waals surface area contributed by atoms with E-state index in [1.54, 1.807) is 0 Å². The molecule has 4 heterocycles. The second-order valence-corrected chi connectivity index (χ2v) is 23.4. The van der Waals surface area contributed by atoms with Gasteiger partial charge in [0.25, 0.3) is 0 Å². The van der Waals surface area contributed by atoms with Crippen molar-refractivity contribution in [3.8, 4) is 34.2 Å². The maximum atomic E-state index is 5.38. The fourth-order valence-corrected chi connectivity index (χ4v) is 17.9. The summed E-state index contributed by atoms with van der Waals surface area (Å²) in [6.45, 7) is 0. The largest absolute Gasteiger partial charge is 0.208 e. The highest BCUT2D eigenvalue weighted by Gasteiger charge is 2.42. The molecule has 0 saturated carbocycles. The van der Waals surface area contributed by atoms with Crippen molar-refractivity contribution in [1.29, 1.82) is 0 Å². The van der Waals surface area contributed by atoms with Gasteiger partial charge >= 0.3 is 0 Å². The fraction of sp³-hybridized carbons (Fsp3) is 0. The van der Waals surface area contributed by atoms with Gasteiger partial charge in [0.2, 0.25) is 0 Å². The third-order valence-corrected chi connectivity index (χ3v) is 20.9. The highest BCUT2D eigenvalue weighted by atomic mass is 32.1. The molecule has 13 rings (SSSR count). The normalized spacial score (nSPS) is 12.1. The Morgan fingerprint density at radius 3 is 1.17 bits per heavy atom. The molecule has 0 amide bonds. The van der Waals surface area contributed by atoms with Crippen LogP contribution in [0.15, 0.2) is 212 Å². The van der Waals surface area contributed by atoms with Crippen LogP contribution in [0.3, 0.4) is 0 Å². The third-order valence-electron chi connectivity index (χ3n) is 12.7. The van der Waals surface area contributed by atoms with Gasteiger partial charge in [-0.1, -0.05) is 152 Å². The molecular weight excluding hydrogens is 851 g/mol. The average molecular weight is 886 g/mol. The standard InChI is InChI=1S/C57H35N3S3Si/c1-3-15-39(16-4-1)64(40-17-5-2-6-18-40,42-28-29-46-43-20-7-10-23-49(43)63-54(46)35-42)41-19-13-14-36(32-41)55-58-56(37-26-30-52-47(33-37)44-21-8-11-24-50(44)61-52)60-57(59-55)38-27-31-53-48(34-38)45-22-9-12-25-51(45)62-53/h1-35H. The molecule has 0 spiro atoms. The molecule has 0 N–H and O–H groups in total. The van der Waals surface area contributed by atoms with Crippen LogP contribution < -0.4 is 20.7 Å². The lowest BCUT2D eigenvalue weighted by Crippen LogP contribution is -2.74. The molecule has 0 fully saturated rings. The Bertz CT molecular complexity index is 3760. The molecule has 0 aliphatic rings. The van der Waals surface area contributed by atoms with Crippen molar-refractivity contribution in [2.24, 2.45) is 0 Å². The molecule has 0 atom stereocenters. The topological polar surface area (TPSA) is 38.7 Å². The summed E-state index contributed by atoms with van der Waals surface area (Å²) in [6, 6.07) is 77.9. The van der Waals surface area contributed by atoms with Crippen LogP contribution >= 0.6 is 34.0 Å². The fourth-order valence-electron chi connectivity index (χ4n) is 9.72. The van der Waals surface area contributed by atoms with Crippen molar-refractivity contribution in [3.05, 3.63) is 212 Å². The summed E-state index contributed by atoms with van der Waals surface area (Å²) in [5.41, 5.74) is 2.89. The van der Waals surface area contributed by atoms with E-state index in [1.165, 1.54) is 81.3 Å². The van der Waals surface area contributed by atoms with Gasteiger partial charge in [-0.05, 0) is 81.4 Å². The number of fused-ring (bicyclic) bond motifs is 9. The first-order valence-corrected chi connectivity index (χ1v) is 25.9. The molecule has 64 heavy (non-hydrogen) atoms. The maximum Gasteiger partial charge on any atom is 0.179 e. The summed E-state index contributed by atoms with van der Waals surface area (Å²) < 4.78 is 7.66. The number of thiophene rings is 3. The molecule has 13 aromatic rings. The van der Waals surface area contributed by atoms with Gasteiger partial charge in [0, 0.05) is 77.2 Å². The smallest absolute Gasteiger partial charge is 0.179 e. The van der Waals surface area contributed by atoms with Crippen LogP contribution in [0.1, 0.15) is 0 Å². The first-order valence-electron chi connectivity index (χ1n) is 21.4. The van der Waals surface area contributed by atoms with E-state index in [0.29, 0.717) is 17.5 Å². The average Bonchev–Trinajstić information content (AvgIpc) is 4.05. The first-order chi connectivity index (χ1) is 31.7. The molecular formula is C57H35N3S3Si. The molecule has 0 saturated heterocycles. The van der Waals surface area contributed by atoms with E-state index in [4.69, 9.17) is 15.0 Å². The van der Waals surface area contributed by atoms with Crippen LogP contribution in [0, 0.1) is 0 Å². The first kappa shape index (κ1) is 37.4. The molecule has 9 aromatic carbocycles. The number of benzene rings is 9. The van der Waals surface area contributed by atoms with E-state index >= 15 is 0 Å². The Labute approximate surface area is 382 Å². The van der Waals surface area contributed by atoms with Crippen LogP contribution in [0.2, 0.25) is 0 Å². The lowest BCUT2D eigenvalue weighted by Gasteiger charge is -2.34. The summed E-state index contributed by atoms with van der Waals surface area (Å²) in [5.74, 6) is 1.96. The quantitative estimate of drug-likeness (QED) is 0.118. The van der Waals surface area contributed by atoms with E-state index in [-0.39, 0.29) is 0 Å². The zero-order valence-corrected chi connectivity index (χ0v) is 37.7. The second kappa shape index (κ2) is 15.0. The van der Waals surface area contributed by atoms with E-state index in [2.05, 4.69) is 212 Å². The maximum absolute atomic E-state index is 5.38. The van der Waals surface area contributed by atoms with Gasteiger partial charge in [-0.15, -0.1) is 34.0 Å². The Morgan fingerprint density at radius 2 is 0.641 bits per heavy atom. The van der Waals surface area contributed by atoms with E-state index in [0.717, 1.165) is 16.7 Å². The van der Waals surface area contributed by atoms with Crippen molar-refractivity contribution < 1.29 is 0 Å². The lowest BCUT2D eigenvalue weighted by molar-refractivity contribution is 1.08. The number of rotatable bonds is 7. The van der Waals surface area contributed by atoms with E-state index in [1.807, 2.05) is 34.0 Å². The SMILES string of the molecule is c1ccc([Si](c2ccccc2)(c2cccc(-c3nc(-c4ccc5sc6ccccc6c5c4)nc(-c4ccc5sc6ccccc6c5c4)n3)c2)c2ccc3c(c2)sc2ccccc23)cc1. The predicted molar refractivity (Wildman–Crippen MR) is 278 cm³/mol. The summed E-state index contributed by atoms with van der Waals surface area (Å²) in [5, 5.41) is 12.8. The van der Waals surface area contributed by atoms with E-state index in [9.17, 15) is 0 Å². The summed E-state index contributed by atoms with van der Waals surface area (Å²) in [7, 11) is -2.95. The predicted octanol–water partition coefficient (Wildman–Crippen LogP) is 13.4. The van der Waals surface area contributed by atoms with Crippen LogP contribution in [0.4, 0.5) is 0 Å². The highest BCUT2D eigenvalue weighted by molar-refractivity contribution is 7.27. The Balaban J connectivity index is 1.05. The molecule has 0 unspecified atom stereocenters. The number of nitrogens with zero attached hydrogens (tertiary/aromatic N) is 3. The Morgan fingerprint density at radius 1 is 0.250 bits per heavy atom. The van der Waals surface area contributed by atoms with Crippen LogP contribution in [0.25, 0.3) is 94.7 Å². The minimum Gasteiger partial charge on any atom is -0.208 e. The minimum absolute atomic E-state index is 0.649. The highest BCUT2D eigenvalue weighted by Crippen LogP contribution is 2.39. The van der Waals surface area contributed by atoms with Crippen LogP contribution in [-0.2, 0) is 0 Å². The van der Waals surface area contributed by atoms with E-state index < -0.39 is 8.07 Å². The van der Waals surface area contributed by atoms with Gasteiger partial charge in [-0.2, -0.15) is 0 Å². The monoisotopic (exact) mass is 885 g/mol. The van der Waals surface area contributed by atoms with Crippen molar-refractivity contribution in [1.82, 2.24) is 15.0 Å². The van der Waals surface area contributed by atoms with Gasteiger partial charge < -0.3 is 0 Å². The van der Waals surface area contributed by atoms with Crippen molar-refractivity contribution in [2.75, 3.05) is 0 Å². The zero-order chi connectivity index (χ0) is 42.2. The third kappa shape index (κ3) is 6.00. The molecule has 300 valence electrons. The molecule has 7 heteroatoms. The number of aromatic nitrogens is 3. The molecule has 0 radical (unpaired) electrons. The summed E-state index contributed by atoms with van der Waals surface area (Å²) >= 11 is 5.52. The van der Waals surface area contributed by atoms with Gasteiger partial charge in [0.05, 0.1) is 0 Å². The van der Waals surface area contributed by atoms with Gasteiger partial charge in [-0.25, -0.2) is 15.0 Å². The van der Waals surface area contributed by atoms with Crippen molar-refractivity contribution in [2.45, 2.75) is 0 Å². The van der Waals surface area contributed by atoms with Crippen molar-refractivity contribution >= 4 is 123 Å². The van der Waals surface area contributed by atoms with Crippen LogP contribution in [0.5, 0.6) is 0 Å². The molecule has 0 aliphatic heterocycles. The molecule has 0 aliphatic carbocycles. The lowest BCUT2D eigenvalue weighted by atomic mass is 10.1. The minimum atomic E-state index is -2.95. The van der Waals surface area contributed by atoms with Gasteiger partial charge in [0.15, 0.2) is 25.5 Å². The number of hydrogen-bond donors (Lipinski definition) is 0. The van der Waals surface area contributed by atoms with Gasteiger partial charge in [0.1, 0.15) is 0 Å². The molecule has 0 bridgehead atoms. The molecule has 4 aromatic heterocycles. The molecule has 3 nitrogen and oxygen atoms in total. The Kier molecular flexibility index (Phi) is 8.77. The summed E-state index contributed by atoms with van der Waals surface area (Å²) in [6.07, 6.45) is 0. The number of hydrogen-bond acceptors (Lipinski definition) is 6. The summed E-state index contributed by atoms with van der Waals surface area (Å²) in [4.78, 5) is 16.1. The Hall–Kier alpha value is -7.13. The van der Waals surface area contributed by atoms with Crippen molar-refractivity contribution in [3.63, 3.8) is 0 Å².